The van der Waals surface area contributed by atoms with Crippen LogP contribution in [0.4, 0.5) is 10.1 Å². The second-order valence-electron chi connectivity index (χ2n) is 9.22. The lowest BCUT2D eigenvalue weighted by molar-refractivity contribution is -0.150. The molecule has 8 nitrogen and oxygen atoms in total. The van der Waals surface area contributed by atoms with Crippen molar-refractivity contribution in [3.63, 3.8) is 0 Å². The van der Waals surface area contributed by atoms with Crippen molar-refractivity contribution in [1.82, 2.24) is 9.80 Å². The van der Waals surface area contributed by atoms with Crippen LogP contribution < -0.4 is 5.32 Å². The van der Waals surface area contributed by atoms with Crippen molar-refractivity contribution in [3.05, 3.63) is 65.5 Å². The minimum absolute atomic E-state index is 0.0124. The molecule has 2 aliphatic rings. The summed E-state index contributed by atoms with van der Waals surface area (Å²) in [6, 6.07) is 10.8. The Morgan fingerprint density at radius 1 is 1.33 bits per heavy atom. The van der Waals surface area contributed by atoms with E-state index in [4.69, 9.17) is 4.11 Å². The highest BCUT2D eigenvalue weighted by atomic mass is 19.1. The number of hydrogen-bond donors (Lipinski definition) is 2. The molecule has 1 fully saturated rings. The van der Waals surface area contributed by atoms with Gasteiger partial charge in [-0.05, 0) is 35.7 Å². The normalized spacial score (nSPS) is 23.6. The Morgan fingerprint density at radius 3 is 2.72 bits per heavy atom. The van der Waals surface area contributed by atoms with Crippen molar-refractivity contribution in [1.29, 1.82) is 5.26 Å². The zero-order chi connectivity index (χ0) is 28.5. The number of aliphatic hydroxyl groups is 1. The quantitative estimate of drug-likeness (QED) is 0.613. The molecule has 0 bridgehead atoms. The number of nitriles is 1. The molecular formula is C27H29FN4O4. The van der Waals surface area contributed by atoms with E-state index in [-0.39, 0.29) is 30.9 Å². The van der Waals surface area contributed by atoms with Gasteiger partial charge < -0.3 is 20.2 Å². The summed E-state index contributed by atoms with van der Waals surface area (Å²) >= 11 is 0. The summed E-state index contributed by atoms with van der Waals surface area (Å²) in [5.74, 6) is -3.01. The van der Waals surface area contributed by atoms with Crippen LogP contribution >= 0.6 is 0 Å². The summed E-state index contributed by atoms with van der Waals surface area (Å²) in [5.41, 5.74) is 0.000186. The van der Waals surface area contributed by atoms with Crippen LogP contribution in [0.25, 0.3) is 0 Å². The number of hydrogen-bond acceptors (Lipinski definition) is 5. The van der Waals surface area contributed by atoms with Gasteiger partial charge in [0.25, 0.3) is 5.91 Å². The lowest BCUT2D eigenvalue weighted by Crippen LogP contribution is -2.52. The van der Waals surface area contributed by atoms with E-state index in [1.807, 2.05) is 6.92 Å². The van der Waals surface area contributed by atoms with E-state index in [1.54, 1.807) is 24.3 Å². The van der Waals surface area contributed by atoms with Gasteiger partial charge >= 0.3 is 0 Å². The summed E-state index contributed by atoms with van der Waals surface area (Å²) < 4.78 is 37.7. The first-order valence-corrected chi connectivity index (χ1v) is 11.8. The average molecular weight is 496 g/mol. The maximum absolute atomic E-state index is 14.0. The first-order chi connectivity index (χ1) is 18.4. The van der Waals surface area contributed by atoms with Gasteiger partial charge in [0.05, 0.1) is 11.5 Å². The van der Waals surface area contributed by atoms with Crippen LogP contribution in [0.1, 0.15) is 54.0 Å². The Kier molecular flexibility index (Phi) is 6.02. The van der Waals surface area contributed by atoms with E-state index in [0.29, 0.717) is 29.0 Å². The largest absolute Gasteiger partial charge is 0.378 e. The Bertz CT molecular complexity index is 1310. The Balaban J connectivity index is 1.71. The Labute approximate surface area is 213 Å². The maximum Gasteiger partial charge on any atom is 0.256 e. The van der Waals surface area contributed by atoms with Crippen molar-refractivity contribution in [3.8, 4) is 6.07 Å². The molecule has 9 heteroatoms. The second-order valence-corrected chi connectivity index (χ2v) is 9.22. The number of halogens is 1. The first kappa shape index (κ1) is 21.5. The summed E-state index contributed by atoms with van der Waals surface area (Å²) in [6.07, 6.45) is -1.04. The number of fused-ring (bicyclic) bond motifs is 2. The van der Waals surface area contributed by atoms with Crippen molar-refractivity contribution in [2.24, 2.45) is 0 Å². The predicted molar refractivity (Wildman–Crippen MR) is 130 cm³/mol. The molecule has 2 aliphatic heterocycles. The third-order valence-corrected chi connectivity index (χ3v) is 7.00. The molecule has 2 aromatic rings. The molecular weight excluding hydrogens is 463 g/mol. The molecule has 2 aromatic carbocycles. The molecule has 0 unspecified atom stereocenters. The molecule has 2 heterocycles. The number of likely N-dealkylation sites (N-methyl/N-ethyl adjacent to an activating group) is 1. The number of unbranched alkanes of at least 4 members (excludes halogenated alkanes) is 1. The van der Waals surface area contributed by atoms with Crippen LogP contribution in [0.15, 0.2) is 48.5 Å². The summed E-state index contributed by atoms with van der Waals surface area (Å²) in [4.78, 5) is 42.2. The number of nitrogens with zero attached hydrogens (tertiary/aromatic N) is 3. The van der Waals surface area contributed by atoms with E-state index < -0.39 is 48.2 Å². The number of carbonyl (C=O) groups is 3. The van der Waals surface area contributed by atoms with Gasteiger partial charge in [-0.1, -0.05) is 50.1 Å². The molecule has 188 valence electrons. The monoisotopic (exact) mass is 495 g/mol. The second kappa shape index (κ2) is 10.1. The van der Waals surface area contributed by atoms with Gasteiger partial charge in [0.2, 0.25) is 11.8 Å². The number of anilines is 1. The average Bonchev–Trinajstić information content (AvgIpc) is 3.43. The van der Waals surface area contributed by atoms with E-state index in [9.17, 15) is 29.1 Å². The highest BCUT2D eigenvalue weighted by Gasteiger charge is 2.56. The molecule has 0 radical (unpaired) electrons. The number of nitrogens with one attached hydrogen (secondary N) is 1. The van der Waals surface area contributed by atoms with Crippen LogP contribution in [-0.2, 0) is 19.8 Å². The summed E-state index contributed by atoms with van der Waals surface area (Å²) in [7, 11) is 0. The third kappa shape index (κ3) is 4.33. The van der Waals surface area contributed by atoms with E-state index >= 15 is 0 Å². The van der Waals surface area contributed by atoms with Crippen LogP contribution in [0.2, 0.25) is 0 Å². The topological polar surface area (TPSA) is 114 Å². The van der Waals surface area contributed by atoms with Crippen LogP contribution in [-0.4, -0.2) is 58.2 Å². The molecule has 36 heavy (non-hydrogen) atoms. The summed E-state index contributed by atoms with van der Waals surface area (Å²) in [6.45, 7) is -1.46. The van der Waals surface area contributed by atoms with Gasteiger partial charge in [-0.3, -0.25) is 14.4 Å². The van der Waals surface area contributed by atoms with Crippen molar-refractivity contribution >= 4 is 23.4 Å². The SMILES string of the molecule is [2H]C([2H])([2H])N(C(=O)[C@@H](O)c1ccc(F)cc1)[C@@H](CCCC)C(=O)N1C[C@]2(C[C@H]1C#N)C(=O)Nc1ccccc12. The van der Waals surface area contributed by atoms with Crippen molar-refractivity contribution < 1.29 is 28.0 Å². The molecule has 3 amide bonds. The number of carbonyl (C=O) groups excluding carboxylic acids is 3. The third-order valence-electron chi connectivity index (χ3n) is 7.00. The molecule has 2 N–H and O–H groups in total. The van der Waals surface area contributed by atoms with Crippen molar-refractivity contribution in [2.75, 3.05) is 18.8 Å². The standard InChI is InChI=1S/C27H29FN4O4/c1-3-4-9-22(31(2)25(35)23(33)17-10-12-18(28)13-11-17)24(34)32-16-27(14-19(32)15-29)20-7-5-6-8-21(20)30-26(27)36/h5-8,10-13,19,22-23,33H,3-4,9,14,16H2,1-2H3,(H,30,36)/t19-,22-,23-,27-/m0/s1/i2D3. The predicted octanol–water partition coefficient (Wildman–Crippen LogP) is 2.89. The molecule has 1 spiro atoms. The Morgan fingerprint density at radius 2 is 2.06 bits per heavy atom. The lowest BCUT2D eigenvalue weighted by atomic mass is 9.80. The molecule has 0 saturated carbocycles. The van der Waals surface area contributed by atoms with Gasteiger partial charge in [0.15, 0.2) is 6.10 Å². The fourth-order valence-electron chi connectivity index (χ4n) is 5.01. The highest BCUT2D eigenvalue weighted by Crippen LogP contribution is 2.46. The molecule has 0 aliphatic carbocycles. The smallest absolute Gasteiger partial charge is 0.256 e. The number of para-hydroxylation sites is 1. The molecule has 1 saturated heterocycles. The minimum Gasteiger partial charge on any atom is -0.378 e. The Hall–Kier alpha value is -3.77. The summed E-state index contributed by atoms with van der Waals surface area (Å²) in [5, 5.41) is 23.5. The van der Waals surface area contributed by atoms with Crippen LogP contribution in [0.5, 0.6) is 0 Å². The van der Waals surface area contributed by atoms with Gasteiger partial charge in [-0.25, -0.2) is 4.39 Å². The molecule has 4 atom stereocenters. The fraction of sp³-hybridized carbons (Fsp3) is 0.407. The van der Waals surface area contributed by atoms with E-state index in [1.165, 1.54) is 4.90 Å². The van der Waals surface area contributed by atoms with E-state index in [2.05, 4.69) is 11.4 Å². The van der Waals surface area contributed by atoms with Gasteiger partial charge in [-0.15, -0.1) is 0 Å². The number of amides is 3. The highest BCUT2D eigenvalue weighted by molar-refractivity contribution is 6.07. The zero-order valence-electron chi connectivity index (χ0n) is 22.8. The van der Waals surface area contributed by atoms with Gasteiger partial charge in [-0.2, -0.15) is 5.26 Å². The maximum atomic E-state index is 14.0. The molecule has 0 aromatic heterocycles. The number of benzene rings is 2. The lowest BCUT2D eigenvalue weighted by Gasteiger charge is -2.33. The first-order valence-electron chi connectivity index (χ1n) is 13.3. The number of aliphatic hydroxyl groups excluding tert-OH is 1. The van der Waals surface area contributed by atoms with Crippen LogP contribution in [0, 0.1) is 17.1 Å². The van der Waals surface area contributed by atoms with Crippen LogP contribution in [0.3, 0.4) is 0 Å². The van der Waals surface area contributed by atoms with Gasteiger partial charge in [0, 0.05) is 29.7 Å². The zero-order valence-corrected chi connectivity index (χ0v) is 19.8. The minimum atomic E-state index is -3.12. The molecule has 4 rings (SSSR count). The van der Waals surface area contributed by atoms with Gasteiger partial charge in [0.1, 0.15) is 17.9 Å². The number of likely N-dealkylation sites (tertiary alicyclic amines) is 1. The number of rotatable bonds is 7. The van der Waals surface area contributed by atoms with E-state index in [0.717, 1.165) is 24.3 Å². The van der Waals surface area contributed by atoms with Crippen molar-refractivity contribution in [2.45, 2.75) is 56.2 Å². The fourth-order valence-corrected chi connectivity index (χ4v) is 5.01.